The van der Waals surface area contributed by atoms with Gasteiger partial charge in [0.2, 0.25) is 0 Å². The fourth-order valence-electron chi connectivity index (χ4n) is 0.540. The largest absolute Gasteiger partial charge is 0.452 e. The molecule has 1 unspecified atom stereocenters. The molecule has 44 valence electrons. The second kappa shape index (κ2) is 1.59. The molecular formula is C5H7NO2. The molecule has 1 atom stereocenters. The summed E-state index contributed by atoms with van der Waals surface area (Å²) in [6.45, 7) is 3.79. The molecule has 2 N–H and O–H groups in total. The lowest BCUT2D eigenvalue weighted by Gasteiger charge is -2.26. The topological polar surface area (TPSA) is 52.3 Å². The van der Waals surface area contributed by atoms with Gasteiger partial charge in [0.1, 0.15) is 6.10 Å². The molecule has 0 aliphatic carbocycles. The van der Waals surface area contributed by atoms with Crippen molar-refractivity contribution in [3.8, 4) is 0 Å². The maximum Gasteiger partial charge on any atom is 0.337 e. The minimum Gasteiger partial charge on any atom is -0.452 e. The summed E-state index contributed by atoms with van der Waals surface area (Å²) in [4.78, 5) is 10.2. The van der Waals surface area contributed by atoms with Gasteiger partial charge in [0.25, 0.3) is 0 Å². The summed E-state index contributed by atoms with van der Waals surface area (Å²) < 4.78 is 4.54. The maximum absolute atomic E-state index is 10.2. The van der Waals surface area contributed by atoms with Crippen LogP contribution in [-0.2, 0) is 9.53 Å². The number of carbonyl (C=O) groups excluding carboxylic acids is 1. The molecule has 1 aliphatic rings. The predicted molar refractivity (Wildman–Crippen MR) is 28.1 cm³/mol. The lowest BCUT2D eigenvalue weighted by Crippen LogP contribution is -2.41. The van der Waals surface area contributed by atoms with Crippen LogP contribution in [0.3, 0.4) is 0 Å². The van der Waals surface area contributed by atoms with Crippen LogP contribution in [-0.4, -0.2) is 18.6 Å². The molecule has 0 spiro atoms. The minimum absolute atomic E-state index is 0.206. The third-order valence-corrected chi connectivity index (χ3v) is 1.11. The molecule has 0 aromatic carbocycles. The van der Waals surface area contributed by atoms with E-state index in [1.165, 1.54) is 0 Å². The number of ether oxygens (including phenoxy) is 1. The van der Waals surface area contributed by atoms with Crippen LogP contribution in [0.15, 0.2) is 12.2 Å². The first kappa shape index (κ1) is 5.31. The van der Waals surface area contributed by atoms with Gasteiger partial charge in [0.15, 0.2) is 0 Å². The van der Waals surface area contributed by atoms with E-state index in [9.17, 15) is 4.79 Å². The normalized spacial score (nSPS) is 26.9. The maximum atomic E-state index is 10.2. The average Bonchev–Trinajstić information content (AvgIpc) is 1.81. The Morgan fingerprint density at radius 1 is 1.88 bits per heavy atom. The predicted octanol–water partition coefficient (Wildman–Crippen LogP) is -0.573. The van der Waals surface area contributed by atoms with Crippen molar-refractivity contribution in [1.82, 2.24) is 0 Å². The summed E-state index contributed by atoms with van der Waals surface area (Å²) in [7, 11) is 0. The van der Waals surface area contributed by atoms with Gasteiger partial charge in [-0.15, -0.1) is 0 Å². The highest BCUT2D eigenvalue weighted by atomic mass is 16.6. The Labute approximate surface area is 47.1 Å². The number of carbonyl (C=O) groups is 1. The van der Waals surface area contributed by atoms with Gasteiger partial charge in [-0.25, -0.2) is 4.79 Å². The van der Waals surface area contributed by atoms with Crippen molar-refractivity contribution in [2.75, 3.05) is 6.54 Å². The molecule has 0 aromatic heterocycles. The third-order valence-electron chi connectivity index (χ3n) is 1.11. The summed E-state index contributed by atoms with van der Waals surface area (Å²) >= 11 is 0. The Bertz CT molecular complexity index is 141. The summed E-state index contributed by atoms with van der Waals surface area (Å²) in [5, 5.41) is 0. The van der Waals surface area contributed by atoms with Crippen LogP contribution in [0.4, 0.5) is 0 Å². The molecule has 1 rings (SSSR count). The van der Waals surface area contributed by atoms with Crippen LogP contribution in [0.2, 0.25) is 0 Å². The van der Waals surface area contributed by atoms with Crippen LogP contribution in [0.25, 0.3) is 0 Å². The Morgan fingerprint density at radius 3 is 2.62 bits per heavy atom. The van der Waals surface area contributed by atoms with E-state index in [-0.39, 0.29) is 12.1 Å². The number of esters is 1. The Kier molecular flexibility index (Phi) is 1.06. The third kappa shape index (κ3) is 0.518. The van der Waals surface area contributed by atoms with E-state index in [1.807, 2.05) is 0 Å². The SMILES string of the molecule is C=C1C(=O)OC1CN. The number of hydrogen-bond acceptors (Lipinski definition) is 3. The van der Waals surface area contributed by atoms with Gasteiger partial charge in [0.05, 0.1) is 5.57 Å². The lowest BCUT2D eigenvalue weighted by molar-refractivity contribution is -0.155. The lowest BCUT2D eigenvalue weighted by atomic mass is 10.1. The van der Waals surface area contributed by atoms with Gasteiger partial charge in [-0.05, 0) is 0 Å². The van der Waals surface area contributed by atoms with Gasteiger partial charge in [-0.1, -0.05) is 6.58 Å². The molecule has 0 radical (unpaired) electrons. The van der Waals surface area contributed by atoms with E-state index in [0.717, 1.165) is 0 Å². The van der Waals surface area contributed by atoms with Crippen LogP contribution < -0.4 is 5.73 Å². The standard InChI is InChI=1S/C5H7NO2/c1-3-4(2-6)8-5(3)7/h4H,1-2,6H2. The highest BCUT2D eigenvalue weighted by Gasteiger charge is 2.32. The highest BCUT2D eigenvalue weighted by molar-refractivity contribution is 5.94. The second-order valence-electron chi connectivity index (χ2n) is 1.65. The first-order chi connectivity index (χ1) is 3.75. The van der Waals surface area contributed by atoms with Crippen molar-refractivity contribution in [1.29, 1.82) is 0 Å². The van der Waals surface area contributed by atoms with Crippen LogP contribution >= 0.6 is 0 Å². The Morgan fingerprint density at radius 2 is 2.50 bits per heavy atom. The average molecular weight is 113 g/mol. The van der Waals surface area contributed by atoms with Gasteiger partial charge < -0.3 is 10.5 Å². The van der Waals surface area contributed by atoms with Crippen LogP contribution in [0.1, 0.15) is 0 Å². The van der Waals surface area contributed by atoms with Crippen molar-refractivity contribution in [3.63, 3.8) is 0 Å². The van der Waals surface area contributed by atoms with E-state index < -0.39 is 0 Å². The Balaban J connectivity index is 2.48. The molecule has 0 amide bonds. The molecule has 1 saturated heterocycles. The van der Waals surface area contributed by atoms with Crippen molar-refractivity contribution in [2.45, 2.75) is 6.10 Å². The quantitative estimate of drug-likeness (QED) is 0.366. The van der Waals surface area contributed by atoms with Crippen molar-refractivity contribution >= 4 is 5.97 Å². The van der Waals surface area contributed by atoms with Crippen molar-refractivity contribution in [2.24, 2.45) is 5.73 Å². The number of nitrogens with two attached hydrogens (primary N) is 1. The fourth-order valence-corrected chi connectivity index (χ4v) is 0.540. The Hall–Kier alpha value is -0.830. The van der Waals surface area contributed by atoms with E-state index >= 15 is 0 Å². The summed E-state index contributed by atoms with van der Waals surface area (Å²) in [5.74, 6) is -0.319. The second-order valence-corrected chi connectivity index (χ2v) is 1.65. The molecule has 0 saturated carbocycles. The highest BCUT2D eigenvalue weighted by Crippen LogP contribution is 2.16. The molecule has 3 heteroatoms. The minimum atomic E-state index is -0.319. The summed E-state index contributed by atoms with van der Waals surface area (Å²) in [6, 6.07) is 0. The molecule has 8 heavy (non-hydrogen) atoms. The fraction of sp³-hybridized carbons (Fsp3) is 0.400. The molecule has 1 fully saturated rings. The van der Waals surface area contributed by atoms with Crippen LogP contribution in [0.5, 0.6) is 0 Å². The molecule has 0 aromatic rings. The van der Waals surface area contributed by atoms with Crippen LogP contribution in [0, 0.1) is 0 Å². The first-order valence-electron chi connectivity index (χ1n) is 2.35. The van der Waals surface area contributed by atoms with Gasteiger partial charge >= 0.3 is 5.97 Å². The van der Waals surface area contributed by atoms with E-state index in [1.54, 1.807) is 0 Å². The summed E-state index contributed by atoms with van der Waals surface area (Å²) in [5.41, 5.74) is 5.64. The molecular weight excluding hydrogens is 106 g/mol. The molecule has 3 nitrogen and oxygen atoms in total. The van der Waals surface area contributed by atoms with Gasteiger partial charge in [0, 0.05) is 6.54 Å². The zero-order valence-electron chi connectivity index (χ0n) is 4.39. The first-order valence-corrected chi connectivity index (χ1v) is 2.35. The van der Waals surface area contributed by atoms with E-state index in [0.29, 0.717) is 12.1 Å². The van der Waals surface area contributed by atoms with Crippen molar-refractivity contribution < 1.29 is 9.53 Å². The molecule has 0 bridgehead atoms. The van der Waals surface area contributed by atoms with E-state index in [2.05, 4.69) is 11.3 Å². The monoisotopic (exact) mass is 113 g/mol. The zero-order valence-corrected chi connectivity index (χ0v) is 4.39. The van der Waals surface area contributed by atoms with Gasteiger partial charge in [-0.3, -0.25) is 0 Å². The van der Waals surface area contributed by atoms with E-state index in [4.69, 9.17) is 5.73 Å². The summed E-state index contributed by atoms with van der Waals surface area (Å²) in [6.07, 6.45) is -0.206. The number of hydrogen-bond donors (Lipinski definition) is 1. The van der Waals surface area contributed by atoms with Crippen molar-refractivity contribution in [3.05, 3.63) is 12.2 Å². The zero-order chi connectivity index (χ0) is 6.15. The number of rotatable bonds is 1. The molecule has 1 aliphatic heterocycles. The molecule has 1 heterocycles. The smallest absolute Gasteiger partial charge is 0.337 e. The number of cyclic esters (lactones) is 1. The van der Waals surface area contributed by atoms with Gasteiger partial charge in [-0.2, -0.15) is 0 Å².